The van der Waals surface area contributed by atoms with E-state index >= 15 is 0 Å². The molecule has 2 aromatic rings. The van der Waals surface area contributed by atoms with Crippen molar-refractivity contribution in [2.75, 3.05) is 0 Å². The first-order chi connectivity index (χ1) is 8.39. The third-order valence-corrected chi connectivity index (χ3v) is 6.87. The number of rotatable bonds is 3. The Kier molecular flexibility index (Phi) is 3.88. The number of thiophene rings is 1. The van der Waals surface area contributed by atoms with E-state index in [1.54, 1.807) is 30.3 Å². The van der Waals surface area contributed by atoms with E-state index in [0.29, 0.717) is 4.90 Å². The molecule has 0 radical (unpaired) electrons. The summed E-state index contributed by atoms with van der Waals surface area (Å²) in [4.78, 5) is 0.558. The van der Waals surface area contributed by atoms with Crippen molar-refractivity contribution in [2.24, 2.45) is 5.14 Å². The van der Waals surface area contributed by atoms with Crippen molar-refractivity contribution in [1.29, 1.82) is 0 Å². The zero-order chi connectivity index (χ0) is 13.3. The van der Waals surface area contributed by atoms with Gasteiger partial charge in [0, 0.05) is 4.90 Å². The van der Waals surface area contributed by atoms with Gasteiger partial charge in [0.1, 0.15) is 8.42 Å². The number of hydrogen-bond acceptors (Lipinski definition) is 4. The molecule has 1 aromatic carbocycles. The fraction of sp³-hybridized carbons (Fsp3) is 0. The van der Waals surface area contributed by atoms with Gasteiger partial charge in [0.05, 0.1) is 15.8 Å². The monoisotopic (exact) mass is 321 g/mol. The van der Waals surface area contributed by atoms with Crippen LogP contribution in [-0.4, -0.2) is 12.6 Å². The summed E-state index contributed by atoms with van der Waals surface area (Å²) in [5.41, 5.74) is 0. The zero-order valence-electron chi connectivity index (χ0n) is 8.87. The van der Waals surface area contributed by atoms with Crippen LogP contribution in [0.5, 0.6) is 0 Å². The fourth-order valence-electron chi connectivity index (χ4n) is 1.25. The first-order valence-electron chi connectivity index (χ1n) is 4.68. The van der Waals surface area contributed by atoms with Crippen LogP contribution >= 0.6 is 22.9 Å². The standard InChI is InChI=1S/C10H8ClNO3S3/c11-8-6-9(18(12,14)15)16-10(8)17(13)7-4-2-1-3-5-7/h1-6H,(H2,12,14,15)/t17-/m0/s1. The van der Waals surface area contributed by atoms with Crippen LogP contribution in [-0.2, 0) is 20.8 Å². The summed E-state index contributed by atoms with van der Waals surface area (Å²) in [6.45, 7) is 0. The molecule has 1 aromatic heterocycles. The molecule has 2 N–H and O–H groups in total. The van der Waals surface area contributed by atoms with E-state index in [0.717, 1.165) is 11.3 Å². The van der Waals surface area contributed by atoms with Crippen molar-refractivity contribution >= 4 is 43.8 Å². The summed E-state index contributed by atoms with van der Waals surface area (Å²) in [6.07, 6.45) is 0. The summed E-state index contributed by atoms with van der Waals surface area (Å²) in [5, 5.41) is 5.15. The third kappa shape index (κ3) is 2.81. The van der Waals surface area contributed by atoms with Crippen LogP contribution < -0.4 is 5.14 Å². The maximum absolute atomic E-state index is 12.2. The van der Waals surface area contributed by atoms with Gasteiger partial charge in [-0.1, -0.05) is 29.8 Å². The van der Waals surface area contributed by atoms with Gasteiger partial charge >= 0.3 is 0 Å². The molecule has 0 aliphatic rings. The molecule has 96 valence electrons. The Labute approximate surface area is 116 Å². The average molecular weight is 322 g/mol. The first kappa shape index (κ1) is 13.7. The van der Waals surface area contributed by atoms with Gasteiger partial charge in [-0.05, 0) is 18.2 Å². The maximum Gasteiger partial charge on any atom is 0.247 e. The summed E-state index contributed by atoms with van der Waals surface area (Å²) >= 11 is 6.72. The molecular formula is C10H8ClNO3S3. The van der Waals surface area contributed by atoms with Crippen molar-refractivity contribution in [1.82, 2.24) is 0 Å². The van der Waals surface area contributed by atoms with Gasteiger partial charge in [0.2, 0.25) is 10.0 Å². The van der Waals surface area contributed by atoms with Crippen LogP contribution in [0.4, 0.5) is 0 Å². The van der Waals surface area contributed by atoms with Crippen molar-refractivity contribution in [3.63, 3.8) is 0 Å². The van der Waals surface area contributed by atoms with E-state index in [1.165, 1.54) is 6.07 Å². The highest BCUT2D eigenvalue weighted by atomic mass is 35.5. The Morgan fingerprint density at radius 3 is 2.33 bits per heavy atom. The van der Waals surface area contributed by atoms with Gasteiger partial charge in [0.25, 0.3) is 0 Å². The highest BCUT2D eigenvalue weighted by Gasteiger charge is 2.20. The molecule has 1 heterocycles. The van der Waals surface area contributed by atoms with Crippen molar-refractivity contribution in [2.45, 2.75) is 13.3 Å². The number of halogens is 1. The molecule has 0 spiro atoms. The minimum atomic E-state index is -3.82. The molecule has 0 aliphatic carbocycles. The number of sulfonamides is 1. The first-order valence-corrected chi connectivity index (χ1v) is 8.57. The zero-order valence-corrected chi connectivity index (χ0v) is 12.1. The van der Waals surface area contributed by atoms with E-state index in [1.807, 2.05) is 0 Å². The third-order valence-electron chi connectivity index (χ3n) is 2.04. The molecule has 0 aliphatic heterocycles. The molecule has 4 nitrogen and oxygen atoms in total. The predicted octanol–water partition coefficient (Wildman–Crippen LogP) is 2.22. The summed E-state index contributed by atoms with van der Waals surface area (Å²) in [7, 11) is -5.33. The summed E-state index contributed by atoms with van der Waals surface area (Å²) < 4.78 is 34.8. The Balaban J connectivity index is 2.47. The lowest BCUT2D eigenvalue weighted by Crippen LogP contribution is -2.09. The molecule has 0 bridgehead atoms. The second kappa shape index (κ2) is 5.10. The van der Waals surface area contributed by atoms with Gasteiger partial charge in [-0.15, -0.1) is 11.3 Å². The topological polar surface area (TPSA) is 77.2 Å². The number of primary sulfonamides is 1. The van der Waals surface area contributed by atoms with Crippen LogP contribution in [0.2, 0.25) is 5.02 Å². The summed E-state index contributed by atoms with van der Waals surface area (Å²) in [5.74, 6) is 0. The maximum atomic E-state index is 12.2. The van der Waals surface area contributed by atoms with E-state index in [4.69, 9.17) is 16.7 Å². The van der Waals surface area contributed by atoms with Crippen LogP contribution in [0, 0.1) is 0 Å². The Morgan fingerprint density at radius 1 is 1.22 bits per heavy atom. The quantitative estimate of drug-likeness (QED) is 0.941. The molecule has 0 saturated heterocycles. The fourth-order valence-corrected chi connectivity index (χ4v) is 5.20. The molecule has 18 heavy (non-hydrogen) atoms. The van der Waals surface area contributed by atoms with Gasteiger partial charge < -0.3 is 0 Å². The van der Waals surface area contributed by atoms with Crippen LogP contribution in [0.15, 0.2) is 49.7 Å². The van der Waals surface area contributed by atoms with Crippen LogP contribution in [0.3, 0.4) is 0 Å². The minimum absolute atomic E-state index is 0.0909. The summed E-state index contributed by atoms with van der Waals surface area (Å²) in [6, 6.07) is 9.88. The van der Waals surface area contributed by atoms with Gasteiger partial charge in [0.15, 0.2) is 0 Å². The van der Waals surface area contributed by atoms with E-state index in [-0.39, 0.29) is 13.4 Å². The van der Waals surface area contributed by atoms with Crippen LogP contribution in [0.25, 0.3) is 0 Å². The smallest absolute Gasteiger partial charge is 0.247 e. The van der Waals surface area contributed by atoms with Gasteiger partial charge in [-0.2, -0.15) is 0 Å². The van der Waals surface area contributed by atoms with E-state index in [2.05, 4.69) is 0 Å². The number of benzene rings is 1. The predicted molar refractivity (Wildman–Crippen MR) is 71.8 cm³/mol. The van der Waals surface area contributed by atoms with E-state index < -0.39 is 20.8 Å². The lowest BCUT2D eigenvalue weighted by Gasteiger charge is -1.99. The van der Waals surface area contributed by atoms with E-state index in [9.17, 15) is 12.6 Å². The number of hydrogen-bond donors (Lipinski definition) is 1. The second-order valence-electron chi connectivity index (χ2n) is 3.33. The molecule has 2 rings (SSSR count). The lowest BCUT2D eigenvalue weighted by atomic mass is 10.4. The second-order valence-corrected chi connectivity index (χ2v) is 8.25. The van der Waals surface area contributed by atoms with Gasteiger partial charge in [-0.3, -0.25) is 0 Å². The molecular weight excluding hydrogens is 314 g/mol. The Hall–Kier alpha value is -0.730. The largest absolute Gasteiger partial charge is 0.248 e. The molecule has 0 amide bonds. The highest BCUT2D eigenvalue weighted by molar-refractivity contribution is 7.92. The number of nitrogens with two attached hydrogens (primary N) is 1. The van der Waals surface area contributed by atoms with Crippen LogP contribution in [0.1, 0.15) is 0 Å². The molecule has 0 saturated carbocycles. The van der Waals surface area contributed by atoms with Crippen molar-refractivity contribution in [3.05, 3.63) is 41.4 Å². The SMILES string of the molecule is NS(=O)(=O)c1cc(Cl)c([S@@](=O)c2ccccc2)s1. The Morgan fingerprint density at radius 2 is 1.83 bits per heavy atom. The molecule has 8 heteroatoms. The minimum Gasteiger partial charge on any atom is -0.248 e. The van der Waals surface area contributed by atoms with Crippen molar-refractivity contribution in [3.8, 4) is 0 Å². The molecule has 0 fully saturated rings. The normalized spacial score (nSPS) is 13.4. The average Bonchev–Trinajstić information content (AvgIpc) is 2.71. The van der Waals surface area contributed by atoms with Crippen molar-refractivity contribution < 1.29 is 12.6 Å². The Bertz CT molecular complexity index is 694. The molecule has 0 unspecified atom stereocenters. The molecule has 1 atom stereocenters. The van der Waals surface area contributed by atoms with Gasteiger partial charge in [-0.25, -0.2) is 17.8 Å². The highest BCUT2D eigenvalue weighted by Crippen LogP contribution is 2.34. The lowest BCUT2D eigenvalue weighted by molar-refractivity contribution is 0.600.